The zero-order valence-corrected chi connectivity index (χ0v) is 15.4. The van der Waals surface area contributed by atoms with Crippen molar-refractivity contribution in [1.29, 1.82) is 0 Å². The van der Waals surface area contributed by atoms with Crippen molar-refractivity contribution < 1.29 is 4.79 Å². The second-order valence-corrected chi connectivity index (χ2v) is 6.53. The highest BCUT2D eigenvalue weighted by Gasteiger charge is 2.27. The van der Waals surface area contributed by atoms with E-state index < -0.39 is 0 Å². The molecule has 0 unspecified atom stereocenters. The molecular formula is C15H22ClN5OS. The summed E-state index contributed by atoms with van der Waals surface area (Å²) in [6, 6.07) is 0.229. The molecule has 1 aliphatic rings. The molecule has 1 N–H and O–H groups in total. The van der Waals surface area contributed by atoms with E-state index in [1.54, 1.807) is 22.8 Å². The van der Waals surface area contributed by atoms with Crippen LogP contribution in [0.3, 0.4) is 0 Å². The Morgan fingerprint density at radius 1 is 1.39 bits per heavy atom. The Morgan fingerprint density at radius 2 is 2.04 bits per heavy atom. The standard InChI is InChI=1S/C15H22ClN5OS/c1-10(2)17-15(23)21-9-5-8-20(21)13(22)7-6-12-11(3)18-19(4)14(12)16/h6-7,10H,5,8-9H2,1-4H3,(H,17,23). The topological polar surface area (TPSA) is 53.4 Å². The smallest absolute Gasteiger partial charge is 0.265 e. The van der Waals surface area contributed by atoms with Gasteiger partial charge in [0.1, 0.15) is 5.15 Å². The molecule has 1 fully saturated rings. The van der Waals surface area contributed by atoms with E-state index in [2.05, 4.69) is 10.4 Å². The lowest BCUT2D eigenvalue weighted by Gasteiger charge is -2.30. The van der Waals surface area contributed by atoms with Crippen LogP contribution in [0.15, 0.2) is 6.08 Å². The maximum absolute atomic E-state index is 12.5. The van der Waals surface area contributed by atoms with Crippen molar-refractivity contribution in [1.82, 2.24) is 25.1 Å². The third-order valence-corrected chi connectivity index (χ3v) is 4.30. The quantitative estimate of drug-likeness (QED) is 0.665. The Labute approximate surface area is 147 Å². The van der Waals surface area contributed by atoms with Crippen LogP contribution in [0.1, 0.15) is 31.5 Å². The Kier molecular flexibility index (Phi) is 5.64. The summed E-state index contributed by atoms with van der Waals surface area (Å²) in [7, 11) is 1.77. The van der Waals surface area contributed by atoms with Gasteiger partial charge in [-0.05, 0) is 45.5 Å². The molecule has 2 rings (SSSR count). The first kappa shape index (κ1) is 17.7. The molecule has 1 aliphatic heterocycles. The Morgan fingerprint density at radius 3 is 2.61 bits per heavy atom. The number of nitrogens with zero attached hydrogens (tertiary/aromatic N) is 4. The number of thiocarbonyl (C=S) groups is 1. The molecule has 1 aromatic heterocycles. The van der Waals surface area contributed by atoms with Crippen molar-refractivity contribution in [3.05, 3.63) is 22.5 Å². The first-order chi connectivity index (χ1) is 10.8. The number of nitrogens with one attached hydrogen (secondary N) is 1. The molecule has 0 saturated carbocycles. The molecule has 0 aromatic carbocycles. The third kappa shape index (κ3) is 4.03. The normalized spacial score (nSPS) is 15.0. The van der Waals surface area contributed by atoms with Gasteiger partial charge in [0, 0.05) is 37.8 Å². The number of aryl methyl sites for hydroxylation is 2. The van der Waals surface area contributed by atoms with Crippen LogP contribution in [0.2, 0.25) is 5.15 Å². The summed E-state index contributed by atoms with van der Waals surface area (Å²) in [5.74, 6) is -0.116. The average Bonchev–Trinajstić information content (AvgIpc) is 3.03. The number of hydrogen-bond donors (Lipinski definition) is 1. The number of aromatic nitrogens is 2. The SMILES string of the molecule is Cc1nn(C)c(Cl)c1C=CC(=O)N1CCCN1C(=S)NC(C)C. The summed E-state index contributed by atoms with van der Waals surface area (Å²) in [5.41, 5.74) is 1.55. The van der Waals surface area contributed by atoms with E-state index in [0.717, 1.165) is 24.2 Å². The number of halogens is 1. The molecule has 0 radical (unpaired) electrons. The molecule has 23 heavy (non-hydrogen) atoms. The number of carbonyl (C=O) groups is 1. The van der Waals surface area contributed by atoms with Crippen molar-refractivity contribution >= 4 is 40.9 Å². The van der Waals surface area contributed by atoms with Crippen molar-refractivity contribution in [2.75, 3.05) is 13.1 Å². The van der Waals surface area contributed by atoms with Gasteiger partial charge in [-0.15, -0.1) is 0 Å². The third-order valence-electron chi connectivity index (χ3n) is 3.52. The number of rotatable bonds is 3. The van der Waals surface area contributed by atoms with Crippen LogP contribution in [-0.4, -0.2) is 49.9 Å². The molecule has 0 aliphatic carbocycles. The Balaban J connectivity index is 2.10. The zero-order chi connectivity index (χ0) is 17.1. The second-order valence-electron chi connectivity index (χ2n) is 5.79. The first-order valence-corrected chi connectivity index (χ1v) is 8.36. The van der Waals surface area contributed by atoms with Gasteiger partial charge in [-0.25, -0.2) is 5.01 Å². The van der Waals surface area contributed by atoms with Crippen LogP contribution in [0.25, 0.3) is 6.08 Å². The van der Waals surface area contributed by atoms with E-state index in [0.29, 0.717) is 16.8 Å². The molecule has 126 valence electrons. The fourth-order valence-corrected chi connectivity index (χ4v) is 3.11. The fraction of sp³-hybridized carbons (Fsp3) is 0.533. The van der Waals surface area contributed by atoms with Gasteiger partial charge in [0.2, 0.25) is 0 Å². The molecule has 0 atom stereocenters. The summed E-state index contributed by atoms with van der Waals surface area (Å²) in [5, 5.41) is 12.0. The second kappa shape index (κ2) is 7.31. The molecule has 0 bridgehead atoms. The average molecular weight is 356 g/mol. The number of amides is 1. The van der Waals surface area contributed by atoms with Crippen LogP contribution < -0.4 is 5.32 Å². The Bertz CT molecular complexity index is 640. The highest BCUT2D eigenvalue weighted by molar-refractivity contribution is 7.80. The van der Waals surface area contributed by atoms with E-state index in [4.69, 9.17) is 23.8 Å². The molecule has 1 saturated heterocycles. The summed E-state index contributed by atoms with van der Waals surface area (Å²) < 4.78 is 1.59. The van der Waals surface area contributed by atoms with Crippen LogP contribution >= 0.6 is 23.8 Å². The maximum atomic E-state index is 12.5. The van der Waals surface area contributed by atoms with E-state index in [-0.39, 0.29) is 11.9 Å². The molecule has 1 amide bonds. The number of hydrazine groups is 1. The Hall–Kier alpha value is -1.60. The van der Waals surface area contributed by atoms with Gasteiger partial charge >= 0.3 is 0 Å². The van der Waals surface area contributed by atoms with Gasteiger partial charge in [0.25, 0.3) is 5.91 Å². The van der Waals surface area contributed by atoms with E-state index in [1.807, 2.05) is 25.8 Å². The van der Waals surface area contributed by atoms with Crippen molar-refractivity contribution in [3.8, 4) is 0 Å². The van der Waals surface area contributed by atoms with E-state index in [1.165, 1.54) is 6.08 Å². The summed E-state index contributed by atoms with van der Waals surface area (Å²) in [6.45, 7) is 7.29. The van der Waals surface area contributed by atoms with Crippen molar-refractivity contribution in [2.24, 2.45) is 7.05 Å². The van der Waals surface area contributed by atoms with Gasteiger partial charge in [0.05, 0.1) is 5.69 Å². The van der Waals surface area contributed by atoms with Crippen LogP contribution in [0.4, 0.5) is 0 Å². The lowest BCUT2D eigenvalue weighted by atomic mass is 10.2. The minimum absolute atomic E-state index is 0.116. The van der Waals surface area contributed by atoms with Crippen LogP contribution in [-0.2, 0) is 11.8 Å². The van der Waals surface area contributed by atoms with Gasteiger partial charge < -0.3 is 5.32 Å². The molecule has 1 aromatic rings. The molecular weight excluding hydrogens is 334 g/mol. The summed E-state index contributed by atoms with van der Waals surface area (Å²) in [4.78, 5) is 12.5. The zero-order valence-electron chi connectivity index (χ0n) is 13.8. The van der Waals surface area contributed by atoms with Crippen LogP contribution in [0.5, 0.6) is 0 Å². The minimum atomic E-state index is -0.116. The fourth-order valence-electron chi connectivity index (χ4n) is 2.45. The largest absolute Gasteiger partial charge is 0.359 e. The van der Waals surface area contributed by atoms with Gasteiger partial charge in [-0.1, -0.05) is 11.6 Å². The minimum Gasteiger partial charge on any atom is -0.359 e. The lowest BCUT2D eigenvalue weighted by Crippen LogP contribution is -2.50. The summed E-state index contributed by atoms with van der Waals surface area (Å²) in [6.07, 6.45) is 4.13. The van der Waals surface area contributed by atoms with Gasteiger partial charge in [-0.3, -0.25) is 14.5 Å². The predicted molar refractivity (Wildman–Crippen MR) is 95.9 cm³/mol. The predicted octanol–water partition coefficient (Wildman–Crippen LogP) is 2.13. The molecule has 8 heteroatoms. The number of carbonyl (C=O) groups excluding carboxylic acids is 1. The monoisotopic (exact) mass is 355 g/mol. The van der Waals surface area contributed by atoms with Crippen LogP contribution in [0, 0.1) is 6.92 Å². The molecule has 6 nitrogen and oxygen atoms in total. The lowest BCUT2D eigenvalue weighted by molar-refractivity contribution is -0.133. The summed E-state index contributed by atoms with van der Waals surface area (Å²) >= 11 is 11.5. The highest BCUT2D eigenvalue weighted by Crippen LogP contribution is 2.20. The van der Waals surface area contributed by atoms with E-state index in [9.17, 15) is 4.79 Å². The van der Waals surface area contributed by atoms with Gasteiger partial charge in [0.15, 0.2) is 5.11 Å². The maximum Gasteiger partial charge on any atom is 0.265 e. The van der Waals surface area contributed by atoms with Crippen molar-refractivity contribution in [3.63, 3.8) is 0 Å². The molecule has 0 spiro atoms. The highest BCUT2D eigenvalue weighted by atomic mass is 35.5. The number of hydrogen-bond acceptors (Lipinski definition) is 3. The van der Waals surface area contributed by atoms with Gasteiger partial charge in [-0.2, -0.15) is 5.10 Å². The first-order valence-electron chi connectivity index (χ1n) is 7.58. The van der Waals surface area contributed by atoms with E-state index >= 15 is 0 Å². The molecule has 2 heterocycles. The van der Waals surface area contributed by atoms with Crippen molar-refractivity contribution in [2.45, 2.75) is 33.2 Å².